The molecule has 0 amide bonds. The van der Waals surface area contributed by atoms with Crippen LogP contribution in [0.4, 0.5) is 0 Å². The first kappa shape index (κ1) is 23.0. The number of thioether (sulfide) groups is 2. The molecule has 2 aromatic heterocycles. The van der Waals surface area contributed by atoms with Gasteiger partial charge in [0.25, 0.3) is 0 Å². The van der Waals surface area contributed by atoms with Crippen LogP contribution in [0.5, 0.6) is 0 Å². The van der Waals surface area contributed by atoms with Crippen LogP contribution in [0, 0.1) is 23.7 Å². The maximum atomic E-state index is 4.22. The number of hydrogen-bond acceptors (Lipinski definition) is 6. The van der Waals surface area contributed by atoms with Crippen molar-refractivity contribution in [1.82, 2.24) is 19.9 Å². The molecule has 0 aliphatic heterocycles. The number of aromatic nitrogens is 4. The van der Waals surface area contributed by atoms with Gasteiger partial charge in [-0.2, -0.15) is 0 Å². The molecule has 4 rings (SSSR count). The van der Waals surface area contributed by atoms with Crippen LogP contribution < -0.4 is 0 Å². The normalized spacial score (nSPS) is 17.3. The van der Waals surface area contributed by atoms with Crippen molar-refractivity contribution in [3.8, 4) is 0 Å². The van der Waals surface area contributed by atoms with Crippen LogP contribution in [0.1, 0.15) is 38.5 Å². The van der Waals surface area contributed by atoms with Crippen molar-refractivity contribution in [1.29, 1.82) is 0 Å². The van der Waals surface area contributed by atoms with E-state index >= 15 is 0 Å². The van der Waals surface area contributed by atoms with Gasteiger partial charge in [0, 0.05) is 36.3 Å². The summed E-state index contributed by atoms with van der Waals surface area (Å²) in [5.41, 5.74) is 0. The topological polar surface area (TPSA) is 51.6 Å². The quantitative estimate of drug-likeness (QED) is 0.218. The minimum absolute atomic E-state index is 0.774. The Morgan fingerprint density at radius 3 is 1.40 bits per heavy atom. The van der Waals surface area contributed by atoms with Crippen LogP contribution in [0.3, 0.4) is 0 Å². The molecule has 2 heterocycles. The van der Waals surface area contributed by atoms with Crippen molar-refractivity contribution in [2.75, 3.05) is 11.5 Å². The molecule has 30 heavy (non-hydrogen) atoms. The van der Waals surface area contributed by atoms with Gasteiger partial charge < -0.3 is 0 Å². The molecular formula is C24H32N4S2. The first-order valence-corrected chi connectivity index (χ1v) is 12.8. The molecule has 0 radical (unpaired) electrons. The molecule has 4 nitrogen and oxygen atoms in total. The largest absolute Gasteiger partial charge is 0.231 e. The van der Waals surface area contributed by atoms with E-state index in [0.29, 0.717) is 0 Å². The summed E-state index contributed by atoms with van der Waals surface area (Å²) in [6, 6.07) is 3.71. The van der Waals surface area contributed by atoms with Gasteiger partial charge in [-0.05, 0) is 74.3 Å². The fourth-order valence-electron chi connectivity index (χ4n) is 3.44. The molecule has 2 fully saturated rings. The molecular weight excluding hydrogens is 408 g/mol. The van der Waals surface area contributed by atoms with E-state index in [-0.39, 0.29) is 0 Å². The van der Waals surface area contributed by atoms with Crippen LogP contribution >= 0.6 is 23.5 Å². The Bertz CT molecular complexity index is 683. The predicted molar refractivity (Wildman–Crippen MR) is 128 cm³/mol. The van der Waals surface area contributed by atoms with Crippen molar-refractivity contribution < 1.29 is 0 Å². The first-order chi connectivity index (χ1) is 14.8. The van der Waals surface area contributed by atoms with Crippen LogP contribution in [0.15, 0.2) is 72.5 Å². The van der Waals surface area contributed by atoms with Crippen LogP contribution in [-0.4, -0.2) is 31.4 Å². The third kappa shape index (κ3) is 8.60. The van der Waals surface area contributed by atoms with E-state index in [4.69, 9.17) is 0 Å². The molecule has 0 unspecified atom stereocenters. The Hall–Kier alpha value is -1.66. The highest BCUT2D eigenvalue weighted by Crippen LogP contribution is 2.41. The Labute approximate surface area is 189 Å². The molecule has 6 heteroatoms. The van der Waals surface area contributed by atoms with E-state index in [0.717, 1.165) is 58.3 Å². The predicted octanol–water partition coefficient (Wildman–Crippen LogP) is 6.34. The minimum atomic E-state index is 0.774. The lowest BCUT2D eigenvalue weighted by Gasteiger charge is -2.12. The van der Waals surface area contributed by atoms with Crippen molar-refractivity contribution >= 4 is 23.5 Å². The summed E-state index contributed by atoms with van der Waals surface area (Å²) in [4.78, 5) is 16.9. The summed E-state index contributed by atoms with van der Waals surface area (Å²) in [6.07, 6.45) is 19.1. The van der Waals surface area contributed by atoms with Crippen molar-refractivity contribution in [3.05, 3.63) is 62.2 Å². The second-order valence-electron chi connectivity index (χ2n) is 7.93. The van der Waals surface area contributed by atoms with Gasteiger partial charge in [-0.15, -0.1) is 13.2 Å². The molecule has 0 N–H and O–H groups in total. The average Bonchev–Trinajstić information content (AvgIpc) is 3.69. The zero-order valence-corrected chi connectivity index (χ0v) is 19.2. The van der Waals surface area contributed by atoms with Crippen molar-refractivity contribution in [2.45, 2.75) is 48.8 Å². The van der Waals surface area contributed by atoms with Gasteiger partial charge in [0.15, 0.2) is 10.3 Å². The lowest BCUT2D eigenvalue weighted by atomic mass is 10.0. The van der Waals surface area contributed by atoms with Gasteiger partial charge in [-0.1, -0.05) is 35.7 Å². The monoisotopic (exact) mass is 440 g/mol. The molecule has 0 spiro atoms. The van der Waals surface area contributed by atoms with E-state index in [1.54, 1.807) is 48.3 Å². The number of allylic oxidation sites excluding steroid dienone is 2. The summed E-state index contributed by atoms with van der Waals surface area (Å²) in [6.45, 7) is 7.65. The molecule has 0 saturated heterocycles. The zero-order valence-electron chi connectivity index (χ0n) is 17.6. The summed E-state index contributed by atoms with van der Waals surface area (Å²) in [5.74, 6) is 5.66. The molecule has 2 atom stereocenters. The third-order valence-corrected chi connectivity index (χ3v) is 7.58. The fraction of sp³-hybridized carbons (Fsp3) is 0.500. The SMILES string of the molecule is C=CC[C@@H](CSc1ncccn1)C1CC1.C=CC[C@H](CSc1ncccn1)C1CC1. The summed E-state index contributed by atoms with van der Waals surface area (Å²) in [5, 5.41) is 1.79. The van der Waals surface area contributed by atoms with Crippen LogP contribution in [0.25, 0.3) is 0 Å². The second kappa shape index (κ2) is 12.9. The standard InChI is InChI=1S/2C12H16N2S/c2*1-2-4-11(10-5-6-10)9-15-12-13-7-3-8-14-12/h2*2-3,7-8,10-11H,1,4-6,9H2/t2*11-/m10/s1. The Kier molecular flexibility index (Phi) is 9.90. The smallest absolute Gasteiger partial charge is 0.187 e. The summed E-state index contributed by atoms with van der Waals surface area (Å²) >= 11 is 3.53. The highest BCUT2D eigenvalue weighted by atomic mass is 32.2. The van der Waals surface area contributed by atoms with Gasteiger partial charge >= 0.3 is 0 Å². The number of rotatable bonds is 12. The molecule has 0 aromatic carbocycles. The maximum absolute atomic E-state index is 4.22. The fourth-order valence-corrected chi connectivity index (χ4v) is 5.52. The molecule has 2 saturated carbocycles. The second-order valence-corrected chi connectivity index (χ2v) is 9.90. The van der Waals surface area contributed by atoms with E-state index in [1.807, 2.05) is 24.3 Å². The van der Waals surface area contributed by atoms with Crippen LogP contribution in [-0.2, 0) is 0 Å². The Morgan fingerprint density at radius 2 is 1.10 bits per heavy atom. The molecule has 160 valence electrons. The van der Waals surface area contributed by atoms with E-state index in [2.05, 4.69) is 33.1 Å². The minimum Gasteiger partial charge on any atom is -0.231 e. The summed E-state index contributed by atoms with van der Waals surface area (Å²) < 4.78 is 0. The maximum Gasteiger partial charge on any atom is 0.187 e. The molecule has 0 bridgehead atoms. The van der Waals surface area contributed by atoms with Gasteiger partial charge in [-0.25, -0.2) is 19.9 Å². The lowest BCUT2D eigenvalue weighted by Crippen LogP contribution is -2.05. The van der Waals surface area contributed by atoms with E-state index in [9.17, 15) is 0 Å². The third-order valence-electron chi connectivity index (χ3n) is 5.45. The van der Waals surface area contributed by atoms with Gasteiger partial charge in [0.2, 0.25) is 0 Å². The van der Waals surface area contributed by atoms with Crippen molar-refractivity contribution in [2.24, 2.45) is 23.7 Å². The highest BCUT2D eigenvalue weighted by molar-refractivity contribution is 7.99. The molecule has 2 aliphatic rings. The van der Waals surface area contributed by atoms with Gasteiger partial charge in [0.05, 0.1) is 0 Å². The number of hydrogen-bond donors (Lipinski definition) is 0. The average molecular weight is 441 g/mol. The Balaban J connectivity index is 0.000000171. The van der Waals surface area contributed by atoms with E-state index < -0.39 is 0 Å². The summed E-state index contributed by atoms with van der Waals surface area (Å²) in [7, 11) is 0. The van der Waals surface area contributed by atoms with Crippen LogP contribution in [0.2, 0.25) is 0 Å². The lowest BCUT2D eigenvalue weighted by molar-refractivity contribution is 0.526. The number of nitrogens with zero attached hydrogens (tertiary/aromatic N) is 4. The van der Waals surface area contributed by atoms with Crippen molar-refractivity contribution in [3.63, 3.8) is 0 Å². The first-order valence-electron chi connectivity index (χ1n) is 10.8. The Morgan fingerprint density at radius 1 is 0.733 bits per heavy atom. The van der Waals surface area contributed by atoms with Gasteiger partial charge in [-0.3, -0.25) is 0 Å². The molecule has 2 aromatic rings. The van der Waals surface area contributed by atoms with Gasteiger partial charge in [0.1, 0.15) is 0 Å². The van der Waals surface area contributed by atoms with E-state index in [1.165, 1.54) is 25.7 Å². The molecule has 2 aliphatic carbocycles. The zero-order chi connectivity index (χ0) is 21.0. The highest BCUT2D eigenvalue weighted by Gasteiger charge is 2.31.